The number of hydrogen-bond acceptors (Lipinski definition) is 2. The molecule has 0 atom stereocenters. The fourth-order valence-electron chi connectivity index (χ4n) is 4.52. The summed E-state index contributed by atoms with van der Waals surface area (Å²) in [5, 5.41) is 9.04. The molecule has 0 amide bonds. The molecule has 3 nitrogen and oxygen atoms in total. The van der Waals surface area contributed by atoms with Crippen molar-refractivity contribution in [3.05, 3.63) is 82.2 Å². The maximum atomic E-state index is 13.8. The van der Waals surface area contributed by atoms with E-state index < -0.39 is 46.3 Å². The Morgan fingerprint density at radius 2 is 1.45 bits per heavy atom. The molecule has 0 bridgehead atoms. The molecule has 0 spiro atoms. The maximum absolute atomic E-state index is 13.8. The lowest BCUT2D eigenvalue weighted by atomic mass is 10.0. The molecular formula is C26H15F9N2O. The highest BCUT2D eigenvalue weighted by Crippen LogP contribution is 2.46. The number of nitrogens with zero attached hydrogens (tertiary/aromatic N) is 2. The van der Waals surface area contributed by atoms with Crippen LogP contribution in [0.2, 0.25) is 0 Å². The zero-order chi connectivity index (χ0) is 27.6. The lowest BCUT2D eigenvalue weighted by Crippen LogP contribution is -2.11. The van der Waals surface area contributed by atoms with Gasteiger partial charge in [0.2, 0.25) is 0 Å². The summed E-state index contributed by atoms with van der Waals surface area (Å²) in [6.45, 7) is -0.121. The Balaban J connectivity index is 1.58. The van der Waals surface area contributed by atoms with E-state index in [9.17, 15) is 44.8 Å². The average molecular weight is 542 g/mol. The quantitative estimate of drug-likeness (QED) is 0.242. The molecule has 38 heavy (non-hydrogen) atoms. The Morgan fingerprint density at radius 3 is 1.97 bits per heavy atom. The van der Waals surface area contributed by atoms with Crippen molar-refractivity contribution in [3.63, 3.8) is 0 Å². The summed E-state index contributed by atoms with van der Waals surface area (Å²) < 4.78 is 128. The van der Waals surface area contributed by atoms with Gasteiger partial charge in [0.1, 0.15) is 11.5 Å². The summed E-state index contributed by atoms with van der Waals surface area (Å²) in [6.07, 6.45) is -13.4. The Hall–Kier alpha value is -3.88. The largest absolute Gasteiger partial charge is 0.459 e. The van der Waals surface area contributed by atoms with Gasteiger partial charge in [-0.15, -0.1) is 0 Å². The molecule has 0 unspecified atom stereocenters. The van der Waals surface area contributed by atoms with Crippen molar-refractivity contribution in [1.29, 1.82) is 5.26 Å². The number of furan rings is 1. The van der Waals surface area contributed by atoms with Gasteiger partial charge in [0.25, 0.3) is 0 Å². The molecule has 1 aliphatic carbocycles. The lowest BCUT2D eigenvalue weighted by Gasteiger charge is -2.13. The summed E-state index contributed by atoms with van der Waals surface area (Å²) in [4.78, 5) is 0. The standard InChI is InChI=1S/C26H15F9N2O/c27-24(28,29)16-7-15(8-17(9-16)25(30,31)32)22-6-4-18(38-22)12-37-20-5-3-14(11-36)23(26(33,34)35)19(20)10-21(37)13-1-2-13/h3-10,13H,1-2,12H2. The zero-order valence-corrected chi connectivity index (χ0v) is 19.0. The smallest absolute Gasteiger partial charge is 0.418 e. The normalized spacial score (nSPS) is 14.7. The van der Waals surface area contributed by atoms with Gasteiger partial charge in [-0.3, -0.25) is 0 Å². The van der Waals surface area contributed by atoms with Gasteiger partial charge in [0.15, 0.2) is 0 Å². The third kappa shape index (κ3) is 4.73. The minimum Gasteiger partial charge on any atom is -0.459 e. The van der Waals surface area contributed by atoms with Gasteiger partial charge in [0, 0.05) is 22.2 Å². The molecule has 2 aromatic heterocycles. The number of hydrogen-bond donors (Lipinski definition) is 0. The Bertz CT molecular complexity index is 1540. The summed E-state index contributed by atoms with van der Waals surface area (Å²) in [7, 11) is 0. The average Bonchev–Trinajstić information content (AvgIpc) is 3.45. The molecule has 198 valence electrons. The molecule has 0 saturated heterocycles. The molecule has 4 aromatic rings. The molecule has 0 radical (unpaired) electrons. The SMILES string of the molecule is N#Cc1ccc2c(cc(C3CC3)n2Cc2ccc(-c3cc(C(F)(F)F)cc(C(F)(F)F)c3)o2)c1C(F)(F)F. The van der Waals surface area contributed by atoms with Gasteiger partial charge in [-0.05, 0) is 67.3 Å². The first kappa shape index (κ1) is 25.8. The van der Waals surface area contributed by atoms with E-state index in [1.165, 1.54) is 24.3 Å². The van der Waals surface area contributed by atoms with Crippen LogP contribution in [-0.4, -0.2) is 4.57 Å². The second kappa shape index (κ2) is 8.58. The fourth-order valence-corrected chi connectivity index (χ4v) is 4.52. The summed E-state index contributed by atoms with van der Waals surface area (Å²) >= 11 is 0. The summed E-state index contributed by atoms with van der Waals surface area (Å²) in [5.41, 5.74) is -4.30. The Morgan fingerprint density at radius 1 is 0.816 bits per heavy atom. The van der Waals surface area contributed by atoms with Crippen molar-refractivity contribution in [2.45, 2.75) is 43.8 Å². The molecule has 5 rings (SSSR count). The Kier molecular flexibility index (Phi) is 5.81. The van der Waals surface area contributed by atoms with Crippen LogP contribution in [0, 0.1) is 11.3 Å². The van der Waals surface area contributed by atoms with Gasteiger partial charge >= 0.3 is 18.5 Å². The third-order valence-corrected chi connectivity index (χ3v) is 6.36. The van der Waals surface area contributed by atoms with E-state index in [4.69, 9.17) is 4.42 Å². The molecule has 0 N–H and O–H groups in total. The van der Waals surface area contributed by atoms with E-state index in [0.717, 1.165) is 18.9 Å². The first-order valence-corrected chi connectivity index (χ1v) is 11.2. The van der Waals surface area contributed by atoms with Gasteiger partial charge in [-0.25, -0.2) is 0 Å². The first-order valence-electron chi connectivity index (χ1n) is 11.2. The molecule has 1 fully saturated rings. The van der Waals surface area contributed by atoms with Crippen LogP contribution in [0.5, 0.6) is 0 Å². The molecule has 2 heterocycles. The van der Waals surface area contributed by atoms with E-state index >= 15 is 0 Å². The minimum atomic E-state index is -5.03. The van der Waals surface area contributed by atoms with Crippen LogP contribution in [0.3, 0.4) is 0 Å². The van der Waals surface area contributed by atoms with Gasteiger partial charge in [-0.2, -0.15) is 44.8 Å². The number of nitriles is 1. The van der Waals surface area contributed by atoms with Crippen molar-refractivity contribution < 1.29 is 43.9 Å². The number of rotatable bonds is 4. The number of fused-ring (bicyclic) bond motifs is 1. The highest BCUT2D eigenvalue weighted by molar-refractivity contribution is 5.88. The minimum absolute atomic E-state index is 0.00888. The second-order valence-electron chi connectivity index (χ2n) is 9.02. The topological polar surface area (TPSA) is 41.9 Å². The van der Waals surface area contributed by atoms with Crippen molar-refractivity contribution in [1.82, 2.24) is 4.57 Å². The predicted molar refractivity (Wildman–Crippen MR) is 117 cm³/mol. The molecule has 0 aliphatic heterocycles. The molecule has 1 aliphatic rings. The van der Waals surface area contributed by atoms with Crippen molar-refractivity contribution in [3.8, 4) is 17.4 Å². The van der Waals surface area contributed by atoms with Gasteiger partial charge in [0.05, 0.1) is 34.9 Å². The molecule has 1 saturated carbocycles. The molecule has 2 aromatic carbocycles. The highest BCUT2D eigenvalue weighted by atomic mass is 19.4. The van der Waals surface area contributed by atoms with Crippen molar-refractivity contribution in [2.75, 3.05) is 0 Å². The van der Waals surface area contributed by atoms with Crippen molar-refractivity contribution >= 4 is 10.9 Å². The van der Waals surface area contributed by atoms with Gasteiger partial charge < -0.3 is 8.98 Å². The summed E-state index contributed by atoms with van der Waals surface area (Å²) in [6, 6.07) is 9.02. The van der Waals surface area contributed by atoms with E-state index in [0.29, 0.717) is 17.8 Å². The van der Waals surface area contributed by atoms with E-state index in [1.54, 1.807) is 10.6 Å². The summed E-state index contributed by atoms with van der Waals surface area (Å²) in [5.74, 6) is -0.173. The van der Waals surface area contributed by atoms with Crippen LogP contribution in [-0.2, 0) is 25.1 Å². The van der Waals surface area contributed by atoms with Crippen LogP contribution in [0.4, 0.5) is 39.5 Å². The maximum Gasteiger partial charge on any atom is 0.418 e. The van der Waals surface area contributed by atoms with E-state index in [2.05, 4.69) is 0 Å². The highest BCUT2D eigenvalue weighted by Gasteiger charge is 2.39. The Labute approximate surface area is 208 Å². The van der Waals surface area contributed by atoms with E-state index in [-0.39, 0.29) is 41.0 Å². The molecule has 12 heteroatoms. The van der Waals surface area contributed by atoms with Crippen LogP contribution < -0.4 is 0 Å². The lowest BCUT2D eigenvalue weighted by molar-refractivity contribution is -0.143. The molecular weight excluding hydrogens is 527 g/mol. The second-order valence-corrected chi connectivity index (χ2v) is 9.02. The number of benzene rings is 2. The monoisotopic (exact) mass is 542 g/mol. The first-order chi connectivity index (χ1) is 17.7. The van der Waals surface area contributed by atoms with Crippen LogP contribution in [0.15, 0.2) is 52.9 Å². The van der Waals surface area contributed by atoms with Crippen LogP contribution in [0.25, 0.3) is 22.2 Å². The van der Waals surface area contributed by atoms with Crippen LogP contribution >= 0.6 is 0 Å². The fraction of sp³-hybridized carbons (Fsp3) is 0.269. The predicted octanol–water partition coefficient (Wildman–Crippen LogP) is 8.76. The number of alkyl halides is 9. The van der Waals surface area contributed by atoms with Crippen LogP contribution in [0.1, 0.15) is 52.5 Å². The number of halogens is 9. The van der Waals surface area contributed by atoms with E-state index in [1.807, 2.05) is 0 Å². The number of aromatic nitrogens is 1. The third-order valence-electron chi connectivity index (χ3n) is 6.36. The van der Waals surface area contributed by atoms with Gasteiger partial charge in [-0.1, -0.05) is 0 Å². The zero-order valence-electron chi connectivity index (χ0n) is 19.0. The van der Waals surface area contributed by atoms with Crippen molar-refractivity contribution in [2.24, 2.45) is 0 Å².